The highest BCUT2D eigenvalue weighted by molar-refractivity contribution is 9.10. The zero-order valence-electron chi connectivity index (χ0n) is 13.1. The van der Waals surface area contributed by atoms with E-state index in [0.29, 0.717) is 12.0 Å². The number of rotatable bonds is 6. The molecule has 21 heavy (non-hydrogen) atoms. The van der Waals surface area contributed by atoms with Crippen LogP contribution in [-0.2, 0) is 0 Å². The van der Waals surface area contributed by atoms with Gasteiger partial charge in [-0.05, 0) is 54.2 Å². The highest BCUT2D eigenvalue weighted by atomic mass is 79.9. The van der Waals surface area contributed by atoms with Gasteiger partial charge in [0, 0.05) is 10.2 Å². The predicted octanol–water partition coefficient (Wildman–Crippen LogP) is 6.53. The molecule has 2 atom stereocenters. The van der Waals surface area contributed by atoms with Gasteiger partial charge in [-0.1, -0.05) is 61.0 Å². The molecule has 0 aliphatic carbocycles. The van der Waals surface area contributed by atoms with Gasteiger partial charge >= 0.3 is 0 Å². The molecule has 0 radical (unpaired) electrons. The summed E-state index contributed by atoms with van der Waals surface area (Å²) in [7, 11) is 0. The molecule has 2 unspecified atom stereocenters. The van der Waals surface area contributed by atoms with Crippen molar-refractivity contribution >= 4 is 21.6 Å². The molecule has 0 aromatic heterocycles. The Balaban J connectivity index is 2.09. The molecule has 2 rings (SSSR count). The van der Waals surface area contributed by atoms with Gasteiger partial charge in [-0.25, -0.2) is 0 Å². The predicted molar refractivity (Wildman–Crippen MR) is 95.9 cm³/mol. The summed E-state index contributed by atoms with van der Waals surface area (Å²) < 4.78 is 1.12. The van der Waals surface area contributed by atoms with Crippen LogP contribution in [0.3, 0.4) is 0 Å². The fraction of sp³-hybridized carbons (Fsp3) is 0.368. The molecule has 0 heterocycles. The van der Waals surface area contributed by atoms with Crippen LogP contribution in [0.25, 0.3) is 0 Å². The van der Waals surface area contributed by atoms with E-state index < -0.39 is 0 Å². The monoisotopic (exact) mass is 345 g/mol. The first-order chi connectivity index (χ1) is 10.1. The average Bonchev–Trinajstić information content (AvgIpc) is 2.53. The van der Waals surface area contributed by atoms with Crippen molar-refractivity contribution in [2.45, 2.75) is 45.6 Å². The highest BCUT2D eigenvalue weighted by Crippen LogP contribution is 2.26. The molecule has 0 bridgehead atoms. The Morgan fingerprint density at radius 3 is 1.95 bits per heavy atom. The Bertz CT molecular complexity index is 545. The Hall–Kier alpha value is -1.28. The maximum atomic E-state index is 3.63. The summed E-state index contributed by atoms with van der Waals surface area (Å²) in [4.78, 5) is 0. The van der Waals surface area contributed by atoms with Crippen LogP contribution >= 0.6 is 15.9 Å². The quantitative estimate of drug-likeness (QED) is 0.627. The van der Waals surface area contributed by atoms with Gasteiger partial charge in [0.15, 0.2) is 0 Å². The molecule has 112 valence electrons. The third kappa shape index (κ3) is 4.34. The van der Waals surface area contributed by atoms with Crippen molar-refractivity contribution in [2.24, 2.45) is 0 Å². The van der Waals surface area contributed by atoms with E-state index in [-0.39, 0.29) is 0 Å². The van der Waals surface area contributed by atoms with E-state index in [1.54, 1.807) is 0 Å². The zero-order valence-corrected chi connectivity index (χ0v) is 14.7. The molecule has 0 spiro atoms. The number of benzene rings is 2. The summed E-state index contributed by atoms with van der Waals surface area (Å²) in [5, 5.41) is 3.63. The first-order valence-electron chi connectivity index (χ1n) is 7.76. The Labute approximate surface area is 136 Å². The molecule has 2 aromatic carbocycles. The van der Waals surface area contributed by atoms with Gasteiger partial charge in [0.05, 0.1) is 6.04 Å². The van der Waals surface area contributed by atoms with Gasteiger partial charge in [0.1, 0.15) is 0 Å². The lowest BCUT2D eigenvalue weighted by molar-refractivity contribution is 0.732. The Kier molecular flexibility index (Phi) is 5.86. The van der Waals surface area contributed by atoms with Crippen molar-refractivity contribution < 1.29 is 0 Å². The van der Waals surface area contributed by atoms with Gasteiger partial charge in [-0.15, -0.1) is 0 Å². The molecule has 0 saturated heterocycles. The highest BCUT2D eigenvalue weighted by Gasteiger charge is 2.09. The molecule has 0 aliphatic rings. The molecule has 0 fully saturated rings. The molecule has 0 amide bonds. The molecule has 0 aliphatic heterocycles. The topological polar surface area (TPSA) is 12.0 Å². The van der Waals surface area contributed by atoms with E-state index >= 15 is 0 Å². The minimum absolute atomic E-state index is 0.354. The van der Waals surface area contributed by atoms with Crippen molar-refractivity contribution in [1.82, 2.24) is 0 Å². The molecule has 1 N–H and O–H groups in total. The van der Waals surface area contributed by atoms with Gasteiger partial charge in [0.2, 0.25) is 0 Å². The zero-order chi connectivity index (χ0) is 15.2. The van der Waals surface area contributed by atoms with E-state index in [9.17, 15) is 0 Å². The Morgan fingerprint density at radius 2 is 1.43 bits per heavy atom. The molecule has 2 heteroatoms. The van der Waals surface area contributed by atoms with Crippen molar-refractivity contribution in [2.75, 3.05) is 5.32 Å². The van der Waals surface area contributed by atoms with Crippen LogP contribution in [0.4, 0.5) is 5.69 Å². The normalized spacial score (nSPS) is 13.7. The number of hydrogen-bond acceptors (Lipinski definition) is 1. The second kappa shape index (κ2) is 7.65. The van der Waals surface area contributed by atoms with Crippen LogP contribution in [0.2, 0.25) is 0 Å². The molecular weight excluding hydrogens is 322 g/mol. The van der Waals surface area contributed by atoms with Crippen LogP contribution < -0.4 is 5.32 Å². The molecular formula is C19H24BrN. The minimum atomic E-state index is 0.354. The van der Waals surface area contributed by atoms with Crippen LogP contribution in [0.15, 0.2) is 53.0 Å². The summed E-state index contributed by atoms with van der Waals surface area (Å²) in [5.41, 5.74) is 3.93. The number of hydrogen-bond donors (Lipinski definition) is 1. The fourth-order valence-corrected chi connectivity index (χ4v) is 2.73. The summed E-state index contributed by atoms with van der Waals surface area (Å²) >= 11 is 3.49. The van der Waals surface area contributed by atoms with E-state index in [0.717, 1.165) is 10.9 Å². The summed E-state index contributed by atoms with van der Waals surface area (Å²) in [5.74, 6) is 0.632. The molecule has 0 saturated carbocycles. The van der Waals surface area contributed by atoms with E-state index in [1.807, 2.05) is 0 Å². The Morgan fingerprint density at radius 1 is 0.857 bits per heavy atom. The van der Waals surface area contributed by atoms with Gasteiger partial charge in [-0.3, -0.25) is 0 Å². The van der Waals surface area contributed by atoms with Gasteiger partial charge < -0.3 is 5.32 Å². The van der Waals surface area contributed by atoms with Crippen LogP contribution in [0.1, 0.15) is 56.7 Å². The van der Waals surface area contributed by atoms with E-state index in [2.05, 4.69) is 90.5 Å². The summed E-state index contributed by atoms with van der Waals surface area (Å²) in [6.07, 6.45) is 2.25. The van der Waals surface area contributed by atoms with Gasteiger partial charge in [-0.2, -0.15) is 0 Å². The largest absolute Gasteiger partial charge is 0.378 e. The van der Waals surface area contributed by atoms with Gasteiger partial charge in [0.25, 0.3) is 0 Å². The van der Waals surface area contributed by atoms with Crippen molar-refractivity contribution in [3.63, 3.8) is 0 Å². The maximum Gasteiger partial charge on any atom is 0.0511 e. The average molecular weight is 346 g/mol. The lowest BCUT2D eigenvalue weighted by atomic mass is 9.98. The van der Waals surface area contributed by atoms with Crippen LogP contribution in [0.5, 0.6) is 0 Å². The fourth-order valence-electron chi connectivity index (χ4n) is 2.46. The third-order valence-corrected chi connectivity index (χ3v) is 4.64. The lowest BCUT2D eigenvalue weighted by Gasteiger charge is -2.19. The summed E-state index contributed by atoms with van der Waals surface area (Å²) in [6.45, 7) is 6.73. The number of halogens is 1. The first kappa shape index (κ1) is 16.1. The smallest absolute Gasteiger partial charge is 0.0511 e. The minimum Gasteiger partial charge on any atom is -0.378 e. The standard InChI is InChI=1S/C19H24BrN/c1-4-14(3)15-8-12-18(13-9-15)21-19(5-2)16-6-10-17(20)11-7-16/h6-14,19,21H,4-5H2,1-3H3. The lowest BCUT2D eigenvalue weighted by Crippen LogP contribution is -2.09. The maximum absolute atomic E-state index is 3.63. The summed E-state index contributed by atoms with van der Waals surface area (Å²) in [6, 6.07) is 17.8. The second-order valence-electron chi connectivity index (χ2n) is 5.59. The molecule has 2 aromatic rings. The van der Waals surface area contributed by atoms with Crippen molar-refractivity contribution in [3.8, 4) is 0 Å². The molecule has 1 nitrogen and oxygen atoms in total. The van der Waals surface area contributed by atoms with E-state index in [1.165, 1.54) is 23.2 Å². The number of nitrogens with one attached hydrogen (secondary N) is 1. The first-order valence-corrected chi connectivity index (χ1v) is 8.55. The second-order valence-corrected chi connectivity index (χ2v) is 6.50. The van der Waals surface area contributed by atoms with Crippen molar-refractivity contribution in [1.29, 1.82) is 0 Å². The van der Waals surface area contributed by atoms with Crippen molar-refractivity contribution in [3.05, 3.63) is 64.1 Å². The van der Waals surface area contributed by atoms with Crippen LogP contribution in [-0.4, -0.2) is 0 Å². The van der Waals surface area contributed by atoms with Crippen LogP contribution in [0, 0.1) is 0 Å². The number of anilines is 1. The third-order valence-electron chi connectivity index (χ3n) is 4.11. The SMILES string of the molecule is CCC(C)c1ccc(NC(CC)c2ccc(Br)cc2)cc1. The van der Waals surface area contributed by atoms with E-state index in [4.69, 9.17) is 0 Å².